The van der Waals surface area contributed by atoms with Crippen molar-refractivity contribution >= 4 is 27.4 Å². The van der Waals surface area contributed by atoms with Crippen LogP contribution in [0.4, 0.5) is 5.69 Å². The van der Waals surface area contributed by atoms with Crippen LogP contribution in [0.15, 0.2) is 41.3 Å². The van der Waals surface area contributed by atoms with E-state index in [1.807, 2.05) is 18.2 Å². The van der Waals surface area contributed by atoms with Crippen molar-refractivity contribution in [3.05, 3.63) is 36.9 Å². The van der Waals surface area contributed by atoms with Crippen molar-refractivity contribution in [2.75, 3.05) is 5.73 Å². The first kappa shape index (κ1) is 7.38. The second-order valence-electron chi connectivity index (χ2n) is 3.23. The Balaban J connectivity index is 2.66. The summed E-state index contributed by atoms with van der Waals surface area (Å²) in [5.74, 6) is 0. The fourth-order valence-corrected chi connectivity index (χ4v) is 1.73. The van der Waals surface area contributed by atoms with E-state index in [2.05, 4.69) is 4.98 Å². The highest BCUT2D eigenvalue weighted by Crippen LogP contribution is 2.28. The van der Waals surface area contributed by atoms with Gasteiger partial charge in [-0.1, -0.05) is 0 Å². The normalized spacial score (nSPS) is 11.1. The van der Waals surface area contributed by atoms with Gasteiger partial charge in [0.15, 0.2) is 0 Å². The van der Waals surface area contributed by atoms with Gasteiger partial charge in [-0.05, 0) is 18.2 Å². The van der Waals surface area contributed by atoms with Crippen LogP contribution >= 0.6 is 0 Å². The van der Waals surface area contributed by atoms with Gasteiger partial charge in [0.2, 0.25) is 0 Å². The number of benzene rings is 1. The zero-order valence-corrected chi connectivity index (χ0v) is 7.40. The Labute approximate surface area is 80.1 Å². The average Bonchev–Trinajstić information content (AvgIpc) is 2.67. The number of rotatable bonds is 0. The molecule has 0 fully saturated rings. The molecule has 0 atom stereocenters. The maximum absolute atomic E-state index is 5.89. The number of nitrogens with two attached hydrogens (primary N) is 1. The molecule has 0 unspecified atom stereocenters. The number of nitrogens with zero attached hydrogens (tertiary/aromatic N) is 1. The second-order valence-corrected chi connectivity index (χ2v) is 3.23. The monoisotopic (exact) mass is 184 g/mol. The molecule has 0 amide bonds. The Morgan fingerprint density at radius 3 is 3.07 bits per heavy atom. The molecule has 0 aliphatic carbocycles. The Kier molecular flexibility index (Phi) is 1.31. The first-order chi connectivity index (χ1) is 6.86. The molecule has 3 heteroatoms. The van der Waals surface area contributed by atoms with Gasteiger partial charge in [0.1, 0.15) is 0 Å². The molecule has 14 heavy (non-hydrogen) atoms. The van der Waals surface area contributed by atoms with Crippen LogP contribution in [0.1, 0.15) is 0 Å². The van der Waals surface area contributed by atoms with Gasteiger partial charge in [-0.3, -0.25) is 4.98 Å². The lowest BCUT2D eigenvalue weighted by atomic mass is 10.1. The predicted molar refractivity (Wildman–Crippen MR) is 55.9 cm³/mol. The lowest BCUT2D eigenvalue weighted by molar-refractivity contribution is 0.557. The number of hydrogen-bond donors (Lipinski definition) is 1. The van der Waals surface area contributed by atoms with Crippen LogP contribution in [0.3, 0.4) is 0 Å². The van der Waals surface area contributed by atoms with Crippen molar-refractivity contribution < 1.29 is 4.42 Å². The van der Waals surface area contributed by atoms with Crippen molar-refractivity contribution in [1.82, 2.24) is 4.98 Å². The summed E-state index contributed by atoms with van der Waals surface area (Å²) >= 11 is 0. The second kappa shape index (κ2) is 2.48. The smallest absolute Gasteiger partial charge is 0.0981 e. The van der Waals surface area contributed by atoms with E-state index in [1.165, 1.54) is 0 Å². The maximum atomic E-state index is 5.89. The molecule has 0 spiro atoms. The van der Waals surface area contributed by atoms with Gasteiger partial charge in [-0.15, -0.1) is 0 Å². The molecule has 2 heterocycles. The summed E-state index contributed by atoms with van der Waals surface area (Å²) in [7, 11) is 0. The van der Waals surface area contributed by atoms with E-state index in [-0.39, 0.29) is 0 Å². The van der Waals surface area contributed by atoms with Gasteiger partial charge < -0.3 is 10.2 Å². The van der Waals surface area contributed by atoms with Crippen molar-refractivity contribution in [1.29, 1.82) is 0 Å². The molecule has 0 saturated heterocycles. The van der Waals surface area contributed by atoms with Crippen LogP contribution in [0.25, 0.3) is 21.7 Å². The maximum Gasteiger partial charge on any atom is 0.0981 e. The highest BCUT2D eigenvalue weighted by molar-refractivity contribution is 6.10. The Morgan fingerprint density at radius 2 is 2.14 bits per heavy atom. The highest BCUT2D eigenvalue weighted by Gasteiger charge is 2.05. The molecule has 2 aromatic heterocycles. The van der Waals surface area contributed by atoms with E-state index in [0.29, 0.717) is 0 Å². The fourth-order valence-electron chi connectivity index (χ4n) is 1.73. The SMILES string of the molecule is Nc1cc2coccc2c2nccc12. The molecular formula is C11H8N2O. The first-order valence-electron chi connectivity index (χ1n) is 4.35. The predicted octanol–water partition coefficient (Wildman–Crippen LogP) is 2.56. The van der Waals surface area contributed by atoms with Crippen LogP contribution < -0.4 is 5.73 Å². The number of hydrogen-bond acceptors (Lipinski definition) is 3. The third kappa shape index (κ3) is 0.836. The van der Waals surface area contributed by atoms with Gasteiger partial charge in [0.25, 0.3) is 0 Å². The fraction of sp³-hybridized carbons (Fsp3) is 0. The molecular weight excluding hydrogens is 176 g/mol. The number of fused-ring (bicyclic) bond motifs is 3. The minimum atomic E-state index is 0.742. The summed E-state index contributed by atoms with van der Waals surface area (Å²) in [6.07, 6.45) is 5.09. The van der Waals surface area contributed by atoms with Gasteiger partial charge in [-0.25, -0.2) is 0 Å². The molecule has 2 N–H and O–H groups in total. The molecule has 68 valence electrons. The largest absolute Gasteiger partial charge is 0.472 e. The molecule has 3 aromatic rings. The van der Waals surface area contributed by atoms with Gasteiger partial charge >= 0.3 is 0 Å². The molecule has 1 aromatic carbocycles. The Bertz CT molecular complexity index is 613. The average molecular weight is 184 g/mol. The number of aromatic nitrogens is 1. The molecule has 3 rings (SSSR count). The van der Waals surface area contributed by atoms with Crippen LogP contribution in [0, 0.1) is 0 Å². The standard InChI is InChI=1S/C11H8N2O/c12-10-5-7-6-14-4-2-8(7)11-9(10)1-3-13-11/h1-6H,12H2. The number of anilines is 1. The summed E-state index contributed by atoms with van der Waals surface area (Å²) in [4.78, 5) is 4.29. The van der Waals surface area contributed by atoms with Crippen LogP contribution in [0.5, 0.6) is 0 Å². The van der Waals surface area contributed by atoms with Crippen LogP contribution in [-0.2, 0) is 0 Å². The van der Waals surface area contributed by atoms with Gasteiger partial charge in [0, 0.05) is 28.0 Å². The van der Waals surface area contributed by atoms with Gasteiger partial charge in [0.05, 0.1) is 18.0 Å². The third-order valence-corrected chi connectivity index (χ3v) is 2.40. The summed E-state index contributed by atoms with van der Waals surface area (Å²) in [5.41, 5.74) is 7.57. The molecule has 0 saturated carbocycles. The van der Waals surface area contributed by atoms with E-state index in [1.54, 1.807) is 18.7 Å². The minimum absolute atomic E-state index is 0.742. The first-order valence-corrected chi connectivity index (χ1v) is 4.35. The molecule has 3 nitrogen and oxygen atoms in total. The van der Waals surface area contributed by atoms with Crippen LogP contribution in [-0.4, -0.2) is 4.98 Å². The molecule has 0 bridgehead atoms. The molecule has 0 aliphatic heterocycles. The Morgan fingerprint density at radius 1 is 1.21 bits per heavy atom. The summed E-state index contributed by atoms with van der Waals surface area (Å²) in [5, 5.41) is 3.06. The summed E-state index contributed by atoms with van der Waals surface area (Å²) < 4.78 is 5.09. The van der Waals surface area contributed by atoms with E-state index in [0.717, 1.165) is 27.4 Å². The summed E-state index contributed by atoms with van der Waals surface area (Å²) in [6.45, 7) is 0. The van der Waals surface area contributed by atoms with Crippen molar-refractivity contribution in [2.24, 2.45) is 0 Å². The number of nitrogen functional groups attached to an aromatic ring is 1. The Hall–Kier alpha value is -2.03. The van der Waals surface area contributed by atoms with Crippen molar-refractivity contribution in [3.8, 4) is 0 Å². The van der Waals surface area contributed by atoms with Gasteiger partial charge in [-0.2, -0.15) is 0 Å². The topological polar surface area (TPSA) is 52.0 Å². The van der Waals surface area contributed by atoms with E-state index < -0.39 is 0 Å². The lowest BCUT2D eigenvalue weighted by Gasteiger charge is -2.00. The zero-order valence-electron chi connectivity index (χ0n) is 7.40. The van der Waals surface area contributed by atoms with Crippen LogP contribution in [0.2, 0.25) is 0 Å². The quantitative estimate of drug-likeness (QED) is 0.546. The van der Waals surface area contributed by atoms with Crippen molar-refractivity contribution in [3.63, 3.8) is 0 Å². The zero-order chi connectivity index (χ0) is 9.54. The summed E-state index contributed by atoms with van der Waals surface area (Å²) in [6, 6.07) is 5.74. The van der Waals surface area contributed by atoms with E-state index in [4.69, 9.17) is 10.2 Å². The highest BCUT2D eigenvalue weighted by atomic mass is 16.3. The van der Waals surface area contributed by atoms with Crippen molar-refractivity contribution in [2.45, 2.75) is 0 Å². The molecule has 0 radical (unpaired) electrons. The minimum Gasteiger partial charge on any atom is -0.472 e. The third-order valence-electron chi connectivity index (χ3n) is 2.40. The lowest BCUT2D eigenvalue weighted by Crippen LogP contribution is -1.86. The van der Waals surface area contributed by atoms with E-state index in [9.17, 15) is 0 Å². The van der Waals surface area contributed by atoms with E-state index >= 15 is 0 Å². The molecule has 0 aliphatic rings.